The number of hydrogen-bond donors (Lipinski definition) is 1. The zero-order chi connectivity index (χ0) is 12.8. The molecule has 0 aliphatic rings. The van der Waals surface area contributed by atoms with Gasteiger partial charge in [-0.3, -0.25) is 4.68 Å². The van der Waals surface area contributed by atoms with Gasteiger partial charge in [-0.15, -0.1) is 0 Å². The van der Waals surface area contributed by atoms with E-state index in [0.717, 1.165) is 25.3 Å². The van der Waals surface area contributed by atoms with Gasteiger partial charge in [0.1, 0.15) is 5.75 Å². The lowest BCUT2D eigenvalue weighted by Crippen LogP contribution is -2.18. The molecule has 0 spiro atoms. The van der Waals surface area contributed by atoms with Gasteiger partial charge in [0.15, 0.2) is 0 Å². The summed E-state index contributed by atoms with van der Waals surface area (Å²) in [5, 5.41) is 7.55. The van der Waals surface area contributed by atoms with Crippen molar-refractivity contribution in [2.24, 2.45) is 7.05 Å². The Morgan fingerprint density at radius 3 is 2.83 bits per heavy atom. The maximum absolute atomic E-state index is 5.33. The van der Waals surface area contributed by atoms with E-state index in [-0.39, 0.29) is 0 Å². The van der Waals surface area contributed by atoms with Gasteiger partial charge in [-0.2, -0.15) is 5.10 Å². The average Bonchev–Trinajstić information content (AvgIpc) is 2.81. The summed E-state index contributed by atoms with van der Waals surface area (Å²) in [7, 11) is 3.67. The summed E-state index contributed by atoms with van der Waals surface area (Å²) < 4.78 is 7.21. The maximum Gasteiger partial charge on any atom is 0.122 e. The molecule has 0 saturated heterocycles. The van der Waals surface area contributed by atoms with Crippen LogP contribution in [0.2, 0.25) is 0 Å². The second-order valence-corrected chi connectivity index (χ2v) is 4.18. The van der Waals surface area contributed by atoms with E-state index in [9.17, 15) is 0 Å². The summed E-state index contributed by atoms with van der Waals surface area (Å²) in [5.41, 5.74) is 2.42. The van der Waals surface area contributed by atoms with Crippen LogP contribution in [-0.4, -0.2) is 23.4 Å². The number of rotatable bonds is 6. The standard InChI is InChI=1S/C14H19N3O/c1-17-13(8-10-16-17)11-15-9-7-12-5-3-4-6-14(12)18-2/h3-6,8,10,15H,7,9,11H2,1-2H3. The summed E-state index contributed by atoms with van der Waals surface area (Å²) in [4.78, 5) is 0. The number of nitrogens with zero attached hydrogens (tertiary/aromatic N) is 2. The van der Waals surface area contributed by atoms with Crippen LogP contribution >= 0.6 is 0 Å². The van der Waals surface area contributed by atoms with Crippen LogP contribution in [0.15, 0.2) is 36.5 Å². The highest BCUT2D eigenvalue weighted by atomic mass is 16.5. The van der Waals surface area contributed by atoms with Crippen LogP contribution in [0.5, 0.6) is 5.75 Å². The van der Waals surface area contributed by atoms with Crippen molar-refractivity contribution >= 4 is 0 Å². The molecule has 0 unspecified atom stereocenters. The number of aromatic nitrogens is 2. The molecule has 0 saturated carbocycles. The molecule has 96 valence electrons. The number of aryl methyl sites for hydroxylation is 1. The van der Waals surface area contributed by atoms with E-state index in [4.69, 9.17) is 4.74 Å². The van der Waals surface area contributed by atoms with Crippen LogP contribution in [-0.2, 0) is 20.0 Å². The van der Waals surface area contributed by atoms with Gasteiger partial charge in [0, 0.05) is 19.8 Å². The Kier molecular flexibility index (Phi) is 4.36. The molecule has 0 atom stereocenters. The van der Waals surface area contributed by atoms with Gasteiger partial charge in [0.25, 0.3) is 0 Å². The summed E-state index contributed by atoms with van der Waals surface area (Å²) >= 11 is 0. The van der Waals surface area contributed by atoms with Crippen molar-refractivity contribution in [3.63, 3.8) is 0 Å². The first-order chi connectivity index (χ1) is 8.81. The molecule has 0 amide bonds. The van der Waals surface area contributed by atoms with Gasteiger partial charge in [0.05, 0.1) is 12.8 Å². The molecule has 0 fully saturated rings. The molecule has 4 heteroatoms. The highest BCUT2D eigenvalue weighted by molar-refractivity contribution is 5.33. The fourth-order valence-electron chi connectivity index (χ4n) is 1.92. The first-order valence-electron chi connectivity index (χ1n) is 6.10. The number of hydrogen-bond acceptors (Lipinski definition) is 3. The average molecular weight is 245 g/mol. The van der Waals surface area contributed by atoms with E-state index >= 15 is 0 Å². The van der Waals surface area contributed by atoms with Gasteiger partial charge in [-0.1, -0.05) is 18.2 Å². The van der Waals surface area contributed by atoms with Gasteiger partial charge >= 0.3 is 0 Å². The monoisotopic (exact) mass is 245 g/mol. The smallest absolute Gasteiger partial charge is 0.122 e. The number of ether oxygens (including phenoxy) is 1. The molecule has 0 aliphatic heterocycles. The Morgan fingerprint density at radius 1 is 1.28 bits per heavy atom. The van der Waals surface area contributed by atoms with Crippen molar-refractivity contribution in [1.29, 1.82) is 0 Å². The van der Waals surface area contributed by atoms with Crippen LogP contribution in [0.25, 0.3) is 0 Å². The molecule has 1 aromatic carbocycles. The third kappa shape index (κ3) is 3.11. The van der Waals surface area contributed by atoms with Crippen LogP contribution in [0.4, 0.5) is 0 Å². The minimum atomic E-state index is 0.839. The molecular weight excluding hydrogens is 226 g/mol. The Labute approximate surface area is 108 Å². The topological polar surface area (TPSA) is 39.1 Å². The van der Waals surface area contributed by atoms with Crippen LogP contribution in [0.1, 0.15) is 11.3 Å². The van der Waals surface area contributed by atoms with Crippen molar-refractivity contribution in [2.75, 3.05) is 13.7 Å². The zero-order valence-corrected chi connectivity index (χ0v) is 10.9. The number of benzene rings is 1. The third-order valence-corrected chi connectivity index (χ3v) is 2.99. The van der Waals surface area contributed by atoms with Gasteiger partial charge in [-0.05, 0) is 30.7 Å². The van der Waals surface area contributed by atoms with Gasteiger partial charge < -0.3 is 10.1 Å². The number of methoxy groups -OCH3 is 1. The molecule has 18 heavy (non-hydrogen) atoms. The molecule has 0 radical (unpaired) electrons. The largest absolute Gasteiger partial charge is 0.496 e. The number of nitrogens with one attached hydrogen (secondary N) is 1. The van der Waals surface area contributed by atoms with Crippen LogP contribution in [0.3, 0.4) is 0 Å². The SMILES string of the molecule is COc1ccccc1CCNCc1ccnn1C. The molecule has 1 aromatic heterocycles. The van der Waals surface area contributed by atoms with Crippen LogP contribution < -0.4 is 10.1 Å². The molecule has 2 rings (SSSR count). The van der Waals surface area contributed by atoms with Crippen molar-refractivity contribution in [2.45, 2.75) is 13.0 Å². The second-order valence-electron chi connectivity index (χ2n) is 4.18. The lowest BCUT2D eigenvalue weighted by atomic mass is 10.1. The lowest BCUT2D eigenvalue weighted by molar-refractivity contribution is 0.409. The summed E-state index contributed by atoms with van der Waals surface area (Å²) in [5.74, 6) is 0.958. The molecular formula is C14H19N3O. The Morgan fingerprint density at radius 2 is 2.11 bits per heavy atom. The van der Waals surface area contributed by atoms with E-state index in [0.29, 0.717) is 0 Å². The summed E-state index contributed by atoms with van der Waals surface area (Å²) in [6, 6.07) is 10.2. The predicted molar refractivity (Wildman–Crippen MR) is 71.6 cm³/mol. The fourth-order valence-corrected chi connectivity index (χ4v) is 1.92. The minimum Gasteiger partial charge on any atom is -0.496 e. The molecule has 0 bridgehead atoms. The highest BCUT2D eigenvalue weighted by Crippen LogP contribution is 2.17. The predicted octanol–water partition coefficient (Wildman–Crippen LogP) is 1.76. The Bertz CT molecular complexity index is 493. The van der Waals surface area contributed by atoms with E-state index in [1.54, 1.807) is 7.11 Å². The van der Waals surface area contributed by atoms with Crippen molar-refractivity contribution in [3.05, 3.63) is 47.8 Å². The second kappa shape index (κ2) is 6.21. The molecule has 0 aliphatic carbocycles. The van der Waals surface area contributed by atoms with Gasteiger partial charge in [-0.25, -0.2) is 0 Å². The Balaban J connectivity index is 1.80. The minimum absolute atomic E-state index is 0.839. The van der Waals surface area contributed by atoms with E-state index in [2.05, 4.69) is 16.5 Å². The maximum atomic E-state index is 5.33. The lowest BCUT2D eigenvalue weighted by Gasteiger charge is -2.09. The molecule has 1 N–H and O–H groups in total. The molecule has 2 aromatic rings. The fraction of sp³-hybridized carbons (Fsp3) is 0.357. The quantitative estimate of drug-likeness (QED) is 0.788. The third-order valence-electron chi connectivity index (χ3n) is 2.99. The normalized spacial score (nSPS) is 10.6. The van der Waals surface area contributed by atoms with E-state index < -0.39 is 0 Å². The van der Waals surface area contributed by atoms with Crippen molar-refractivity contribution < 1.29 is 4.74 Å². The van der Waals surface area contributed by atoms with Crippen LogP contribution in [0, 0.1) is 0 Å². The number of para-hydroxylation sites is 1. The zero-order valence-electron chi connectivity index (χ0n) is 10.9. The van der Waals surface area contributed by atoms with Crippen molar-refractivity contribution in [3.8, 4) is 5.75 Å². The summed E-state index contributed by atoms with van der Waals surface area (Å²) in [6.45, 7) is 1.76. The van der Waals surface area contributed by atoms with E-state index in [1.807, 2.05) is 42.2 Å². The van der Waals surface area contributed by atoms with Crippen molar-refractivity contribution in [1.82, 2.24) is 15.1 Å². The van der Waals surface area contributed by atoms with E-state index in [1.165, 1.54) is 11.3 Å². The first-order valence-corrected chi connectivity index (χ1v) is 6.10. The Hall–Kier alpha value is -1.81. The molecule has 4 nitrogen and oxygen atoms in total. The highest BCUT2D eigenvalue weighted by Gasteiger charge is 2.01. The molecule has 1 heterocycles. The summed E-state index contributed by atoms with van der Waals surface area (Å²) in [6.07, 6.45) is 2.78. The first kappa shape index (κ1) is 12.6. The van der Waals surface area contributed by atoms with Gasteiger partial charge in [0.2, 0.25) is 0 Å².